The van der Waals surface area contributed by atoms with Gasteiger partial charge in [0.15, 0.2) is 5.69 Å². The number of benzene rings is 5. The van der Waals surface area contributed by atoms with Gasteiger partial charge in [-0.3, -0.25) is 0 Å². The SMILES string of the molecule is [C-]#[N+]c1cccc(-c2nc(C3c4ccccc4-c4ccc5c(oc6ccccc65)c43)nc3ccccc23)c1. The number of nitrogens with zero attached hydrogens (tertiary/aromatic N) is 3. The molecule has 4 heteroatoms. The first-order valence-electron chi connectivity index (χ1n) is 12.6. The number of para-hydroxylation sites is 2. The summed E-state index contributed by atoms with van der Waals surface area (Å²) < 4.78 is 6.52. The molecule has 1 unspecified atom stereocenters. The van der Waals surface area contributed by atoms with Gasteiger partial charge < -0.3 is 4.42 Å². The van der Waals surface area contributed by atoms with Crippen molar-refractivity contribution in [2.24, 2.45) is 0 Å². The molecule has 2 aromatic heterocycles. The van der Waals surface area contributed by atoms with Gasteiger partial charge in [0.1, 0.15) is 17.0 Å². The predicted octanol–water partition coefficient (Wildman–Crippen LogP) is 8.91. The first-order chi connectivity index (χ1) is 18.8. The van der Waals surface area contributed by atoms with Gasteiger partial charge in [0.05, 0.1) is 23.7 Å². The lowest BCUT2D eigenvalue weighted by Gasteiger charge is -2.16. The molecule has 1 aliphatic rings. The molecular weight excluding hydrogens is 466 g/mol. The Morgan fingerprint density at radius 3 is 2.42 bits per heavy atom. The average Bonchev–Trinajstić information content (AvgIpc) is 3.52. The van der Waals surface area contributed by atoms with Crippen LogP contribution in [0.25, 0.3) is 60.1 Å². The number of fused-ring (bicyclic) bond motifs is 8. The second kappa shape index (κ2) is 7.86. The number of hydrogen-bond acceptors (Lipinski definition) is 3. The monoisotopic (exact) mass is 485 g/mol. The molecule has 0 radical (unpaired) electrons. The van der Waals surface area contributed by atoms with E-state index in [4.69, 9.17) is 21.0 Å². The lowest BCUT2D eigenvalue weighted by atomic mass is 9.93. The van der Waals surface area contributed by atoms with Crippen LogP contribution in [0.4, 0.5) is 5.69 Å². The molecule has 0 saturated carbocycles. The van der Waals surface area contributed by atoms with Crippen molar-refractivity contribution in [1.82, 2.24) is 9.97 Å². The Balaban J connectivity index is 1.46. The highest BCUT2D eigenvalue weighted by molar-refractivity contribution is 6.09. The Morgan fingerprint density at radius 1 is 0.684 bits per heavy atom. The van der Waals surface area contributed by atoms with Crippen molar-refractivity contribution in [3.63, 3.8) is 0 Å². The van der Waals surface area contributed by atoms with E-state index in [9.17, 15) is 0 Å². The van der Waals surface area contributed by atoms with E-state index in [0.717, 1.165) is 61.1 Å². The van der Waals surface area contributed by atoms with Gasteiger partial charge in [-0.05, 0) is 46.5 Å². The molecule has 0 aliphatic heterocycles. The zero-order valence-corrected chi connectivity index (χ0v) is 20.2. The van der Waals surface area contributed by atoms with Crippen LogP contribution in [0.1, 0.15) is 22.9 Å². The van der Waals surface area contributed by atoms with Gasteiger partial charge in [0.2, 0.25) is 0 Å². The van der Waals surface area contributed by atoms with Crippen molar-refractivity contribution < 1.29 is 4.42 Å². The van der Waals surface area contributed by atoms with E-state index < -0.39 is 0 Å². The second-order valence-electron chi connectivity index (χ2n) is 9.63. The Morgan fingerprint density at radius 2 is 1.50 bits per heavy atom. The maximum Gasteiger partial charge on any atom is 0.187 e. The van der Waals surface area contributed by atoms with Gasteiger partial charge in [-0.2, -0.15) is 0 Å². The van der Waals surface area contributed by atoms with Crippen molar-refractivity contribution in [3.8, 4) is 22.4 Å². The molecule has 7 aromatic rings. The third-order valence-corrected chi connectivity index (χ3v) is 7.56. The fourth-order valence-corrected chi connectivity index (χ4v) is 5.92. The third kappa shape index (κ3) is 2.90. The first kappa shape index (κ1) is 20.9. The summed E-state index contributed by atoms with van der Waals surface area (Å²) in [6.45, 7) is 7.51. The molecule has 8 rings (SSSR count). The quantitative estimate of drug-likeness (QED) is 0.230. The summed E-state index contributed by atoms with van der Waals surface area (Å²) in [5.74, 6) is 0.545. The van der Waals surface area contributed by atoms with Crippen molar-refractivity contribution in [2.75, 3.05) is 0 Å². The average molecular weight is 486 g/mol. The van der Waals surface area contributed by atoms with E-state index in [1.807, 2.05) is 66.7 Å². The molecule has 0 fully saturated rings. The van der Waals surface area contributed by atoms with E-state index in [-0.39, 0.29) is 5.92 Å². The topological polar surface area (TPSA) is 43.3 Å². The highest BCUT2D eigenvalue weighted by atomic mass is 16.3. The van der Waals surface area contributed by atoms with Crippen molar-refractivity contribution >= 4 is 38.5 Å². The maximum atomic E-state index is 7.51. The van der Waals surface area contributed by atoms with Gasteiger partial charge in [-0.1, -0.05) is 84.9 Å². The van der Waals surface area contributed by atoms with E-state index >= 15 is 0 Å². The minimum atomic E-state index is -0.183. The van der Waals surface area contributed by atoms with Crippen LogP contribution >= 0.6 is 0 Å². The second-order valence-corrected chi connectivity index (χ2v) is 9.63. The van der Waals surface area contributed by atoms with Gasteiger partial charge in [0, 0.05) is 21.7 Å². The number of hydrogen-bond donors (Lipinski definition) is 0. The fraction of sp³-hybridized carbons (Fsp3) is 0.0294. The van der Waals surface area contributed by atoms with Gasteiger partial charge in [-0.15, -0.1) is 0 Å². The van der Waals surface area contributed by atoms with Crippen molar-refractivity contribution in [1.29, 1.82) is 0 Å². The minimum absolute atomic E-state index is 0.183. The molecule has 0 amide bonds. The van der Waals surface area contributed by atoms with Gasteiger partial charge >= 0.3 is 0 Å². The molecule has 0 N–H and O–H groups in total. The molecule has 5 aromatic carbocycles. The van der Waals surface area contributed by atoms with Crippen LogP contribution in [0.3, 0.4) is 0 Å². The molecule has 2 heterocycles. The summed E-state index contributed by atoms with van der Waals surface area (Å²) in [7, 11) is 0. The summed E-state index contributed by atoms with van der Waals surface area (Å²) in [6, 6.07) is 36.8. The highest BCUT2D eigenvalue weighted by Gasteiger charge is 2.35. The largest absolute Gasteiger partial charge is 0.456 e. The Hall–Kier alpha value is -5.27. The van der Waals surface area contributed by atoms with Crippen LogP contribution < -0.4 is 0 Å². The van der Waals surface area contributed by atoms with Crippen LogP contribution in [0.15, 0.2) is 114 Å². The smallest absolute Gasteiger partial charge is 0.187 e. The normalized spacial score (nSPS) is 14.0. The van der Waals surface area contributed by atoms with Gasteiger partial charge in [0.25, 0.3) is 0 Å². The van der Waals surface area contributed by atoms with E-state index in [1.54, 1.807) is 0 Å². The zero-order chi connectivity index (χ0) is 25.2. The summed E-state index contributed by atoms with van der Waals surface area (Å²) in [4.78, 5) is 14.0. The minimum Gasteiger partial charge on any atom is -0.456 e. The molecule has 38 heavy (non-hydrogen) atoms. The Bertz CT molecular complexity index is 2120. The lowest BCUT2D eigenvalue weighted by molar-refractivity contribution is 0.661. The molecule has 0 bridgehead atoms. The number of furan rings is 1. The summed E-state index contributed by atoms with van der Waals surface area (Å²) in [5.41, 5.74) is 9.59. The molecule has 1 aliphatic carbocycles. The zero-order valence-electron chi connectivity index (χ0n) is 20.2. The standard InChI is InChI=1S/C34H19N3O/c1-35-21-10-8-9-20(19-21)32-27-14-4-6-15-28(27)36-34(37-32)31-24-13-3-2-11-22(24)25-17-18-26-23-12-5-7-16-29(23)38-33(26)30(25)31/h2-19,31H. The van der Waals surface area contributed by atoms with Gasteiger partial charge in [-0.25, -0.2) is 14.8 Å². The third-order valence-electron chi connectivity index (χ3n) is 7.56. The van der Waals surface area contributed by atoms with Crippen LogP contribution in [0.2, 0.25) is 0 Å². The molecule has 1 atom stereocenters. The lowest BCUT2D eigenvalue weighted by Crippen LogP contribution is -2.07. The van der Waals surface area contributed by atoms with Crippen LogP contribution in [0, 0.1) is 6.57 Å². The van der Waals surface area contributed by atoms with E-state index in [0.29, 0.717) is 5.69 Å². The van der Waals surface area contributed by atoms with Crippen LogP contribution in [0.5, 0.6) is 0 Å². The van der Waals surface area contributed by atoms with Crippen LogP contribution in [-0.4, -0.2) is 9.97 Å². The highest BCUT2D eigenvalue weighted by Crippen LogP contribution is 2.51. The first-order valence-corrected chi connectivity index (χ1v) is 12.6. The van der Waals surface area contributed by atoms with E-state index in [2.05, 4.69) is 47.3 Å². The van der Waals surface area contributed by atoms with E-state index in [1.165, 1.54) is 11.1 Å². The van der Waals surface area contributed by atoms with Crippen molar-refractivity contribution in [3.05, 3.63) is 138 Å². The Kier molecular flexibility index (Phi) is 4.32. The molecule has 4 nitrogen and oxygen atoms in total. The number of rotatable bonds is 2. The fourth-order valence-electron chi connectivity index (χ4n) is 5.92. The molecule has 0 spiro atoms. The maximum absolute atomic E-state index is 7.51. The molecule has 176 valence electrons. The van der Waals surface area contributed by atoms with Crippen molar-refractivity contribution in [2.45, 2.75) is 5.92 Å². The summed E-state index contributed by atoms with van der Waals surface area (Å²) in [6.07, 6.45) is 0. The Labute approximate surface area is 218 Å². The number of aromatic nitrogens is 2. The summed E-state index contributed by atoms with van der Waals surface area (Å²) in [5, 5.41) is 3.17. The summed E-state index contributed by atoms with van der Waals surface area (Å²) >= 11 is 0. The molecule has 0 saturated heterocycles. The van der Waals surface area contributed by atoms with Crippen LogP contribution in [-0.2, 0) is 0 Å². The predicted molar refractivity (Wildman–Crippen MR) is 151 cm³/mol. The molecular formula is C34H19N3O.